The Kier molecular flexibility index (Phi) is 8.19. The van der Waals surface area contributed by atoms with Gasteiger partial charge in [0.15, 0.2) is 0 Å². The molecule has 2 aromatic carbocycles. The van der Waals surface area contributed by atoms with Crippen LogP contribution in [0.2, 0.25) is 0 Å². The van der Waals surface area contributed by atoms with Crippen molar-refractivity contribution in [3.05, 3.63) is 71.8 Å². The average molecular weight is 491 g/mol. The second-order valence-corrected chi connectivity index (χ2v) is 11.6. The molecule has 0 bridgehead atoms. The smallest absolute Gasteiger partial charge is 0.225 e. The first-order valence-corrected chi connectivity index (χ1v) is 13.5. The zero-order valence-corrected chi connectivity index (χ0v) is 22.2. The molecule has 0 unspecified atom stereocenters. The third-order valence-corrected chi connectivity index (χ3v) is 9.11. The number of hydrogen-bond acceptors (Lipinski definition) is 3. The fourth-order valence-corrected chi connectivity index (χ4v) is 7.00. The van der Waals surface area contributed by atoms with Crippen molar-refractivity contribution in [1.82, 2.24) is 10.2 Å². The lowest BCUT2D eigenvalue weighted by Crippen LogP contribution is -2.58. The molecule has 2 aliphatic carbocycles. The molecule has 36 heavy (non-hydrogen) atoms. The molecule has 2 fully saturated rings. The molecule has 0 spiro atoms. The van der Waals surface area contributed by atoms with E-state index < -0.39 is 6.10 Å². The van der Waals surface area contributed by atoms with Crippen LogP contribution in [0.25, 0.3) is 0 Å². The Labute approximate surface area is 216 Å². The number of aliphatic hydroxyl groups is 1. The van der Waals surface area contributed by atoms with Gasteiger partial charge < -0.3 is 15.3 Å². The Morgan fingerprint density at radius 2 is 1.61 bits per heavy atom. The topological polar surface area (TPSA) is 69.6 Å². The molecule has 0 saturated heterocycles. The maximum absolute atomic E-state index is 13.4. The number of nitrogens with one attached hydrogen (secondary N) is 1. The molecule has 2 N–H and O–H groups in total. The van der Waals surface area contributed by atoms with Crippen molar-refractivity contribution in [3.8, 4) is 0 Å². The minimum atomic E-state index is -0.559. The maximum atomic E-state index is 13.4. The summed E-state index contributed by atoms with van der Waals surface area (Å²) in [6.45, 7) is 7.02. The number of carbonyl (C=O) groups is 2. The summed E-state index contributed by atoms with van der Waals surface area (Å²) in [6.07, 6.45) is 3.60. The quantitative estimate of drug-likeness (QED) is 0.584. The number of fused-ring (bicyclic) bond motifs is 1. The fraction of sp³-hybridized carbons (Fsp3) is 0.548. The van der Waals surface area contributed by atoms with Gasteiger partial charge in [-0.15, -0.1) is 0 Å². The molecule has 7 atom stereocenters. The highest BCUT2D eigenvalue weighted by molar-refractivity contribution is 5.79. The van der Waals surface area contributed by atoms with Crippen LogP contribution in [0.1, 0.15) is 57.6 Å². The van der Waals surface area contributed by atoms with Crippen LogP contribution in [-0.4, -0.2) is 41.0 Å². The van der Waals surface area contributed by atoms with Crippen LogP contribution in [0, 0.1) is 29.1 Å². The monoisotopic (exact) mass is 490 g/mol. The van der Waals surface area contributed by atoms with E-state index in [-0.39, 0.29) is 46.9 Å². The van der Waals surface area contributed by atoms with E-state index in [0.29, 0.717) is 13.0 Å². The summed E-state index contributed by atoms with van der Waals surface area (Å²) in [6, 6.07) is 19.9. The Morgan fingerprint density at radius 3 is 2.25 bits per heavy atom. The molecule has 2 amide bonds. The fourth-order valence-electron chi connectivity index (χ4n) is 7.00. The molecule has 0 aromatic heterocycles. The molecule has 194 valence electrons. The van der Waals surface area contributed by atoms with Gasteiger partial charge in [-0.1, -0.05) is 81.4 Å². The van der Waals surface area contributed by atoms with Crippen LogP contribution in [0.15, 0.2) is 60.7 Å². The van der Waals surface area contributed by atoms with Crippen LogP contribution in [0.4, 0.5) is 0 Å². The summed E-state index contributed by atoms with van der Waals surface area (Å²) in [4.78, 5) is 28.0. The van der Waals surface area contributed by atoms with Gasteiger partial charge in [-0.2, -0.15) is 0 Å². The molecule has 2 aromatic rings. The van der Waals surface area contributed by atoms with E-state index in [2.05, 4.69) is 19.2 Å². The van der Waals surface area contributed by atoms with Crippen molar-refractivity contribution in [2.45, 2.75) is 71.6 Å². The van der Waals surface area contributed by atoms with Gasteiger partial charge in [0.1, 0.15) is 0 Å². The molecular weight excluding hydrogens is 448 g/mol. The summed E-state index contributed by atoms with van der Waals surface area (Å²) in [7, 11) is 1.85. The molecule has 5 heteroatoms. The standard InChI is InChI=1S/C31H42N2O3/c1-21(30(36)33(4)20-24-13-9-6-10-14-24)25-15-17-31(3)18-16-26(22(2)28(31)29(25)35)32-27(34)19-23-11-7-5-8-12-23/h5-14,21-22,25-26,28-29,35H,15-20H2,1-4H3,(H,32,34)/t21-,22+,25-,26-,28+,29-,31-/m0/s1. The van der Waals surface area contributed by atoms with Crippen LogP contribution >= 0.6 is 0 Å². The van der Waals surface area contributed by atoms with Gasteiger partial charge in [0.2, 0.25) is 11.8 Å². The predicted octanol–water partition coefficient (Wildman–Crippen LogP) is 4.83. The minimum Gasteiger partial charge on any atom is -0.392 e. The summed E-state index contributed by atoms with van der Waals surface area (Å²) >= 11 is 0. The van der Waals surface area contributed by atoms with Crippen molar-refractivity contribution >= 4 is 11.8 Å². The van der Waals surface area contributed by atoms with Crippen molar-refractivity contribution in [2.24, 2.45) is 29.1 Å². The molecule has 2 saturated carbocycles. The van der Waals surface area contributed by atoms with E-state index in [4.69, 9.17) is 0 Å². The first kappa shape index (κ1) is 26.4. The summed E-state index contributed by atoms with van der Waals surface area (Å²) in [5.41, 5.74) is 2.15. The maximum Gasteiger partial charge on any atom is 0.225 e. The van der Waals surface area contributed by atoms with Gasteiger partial charge in [-0.3, -0.25) is 9.59 Å². The van der Waals surface area contributed by atoms with Crippen LogP contribution in [0.5, 0.6) is 0 Å². The molecule has 0 heterocycles. The SMILES string of the molecule is C[C@H]1[C@@H]2[C@@H](O)[C@H]([C@H](C)C(=O)N(C)Cc3ccccc3)CC[C@@]2(C)CC[C@@H]1NC(=O)Cc1ccccc1. The highest BCUT2D eigenvalue weighted by Crippen LogP contribution is 2.55. The minimum absolute atomic E-state index is 0.0364. The van der Waals surface area contributed by atoms with Crippen LogP contribution < -0.4 is 5.32 Å². The van der Waals surface area contributed by atoms with Crippen molar-refractivity contribution < 1.29 is 14.7 Å². The number of hydrogen-bond donors (Lipinski definition) is 2. The van der Waals surface area contributed by atoms with Crippen molar-refractivity contribution in [2.75, 3.05) is 7.05 Å². The first-order chi connectivity index (χ1) is 17.2. The Bertz CT molecular complexity index is 1030. The number of amides is 2. The van der Waals surface area contributed by atoms with E-state index in [9.17, 15) is 14.7 Å². The Hall–Kier alpha value is -2.66. The summed E-state index contributed by atoms with van der Waals surface area (Å²) < 4.78 is 0. The van der Waals surface area contributed by atoms with E-state index >= 15 is 0 Å². The molecule has 0 aliphatic heterocycles. The lowest BCUT2D eigenvalue weighted by atomic mass is 9.51. The summed E-state index contributed by atoms with van der Waals surface area (Å²) in [5, 5.41) is 15.0. The number of aliphatic hydroxyl groups excluding tert-OH is 1. The van der Waals surface area contributed by atoms with Gasteiger partial charge >= 0.3 is 0 Å². The molecule has 0 radical (unpaired) electrons. The lowest BCUT2D eigenvalue weighted by Gasteiger charge is -2.56. The average Bonchev–Trinajstić information content (AvgIpc) is 2.86. The molecule has 2 aliphatic rings. The third kappa shape index (κ3) is 5.67. The molecular formula is C31H42N2O3. The van der Waals surface area contributed by atoms with Gasteiger partial charge in [0.05, 0.1) is 12.5 Å². The highest BCUT2D eigenvalue weighted by Gasteiger charge is 2.54. The van der Waals surface area contributed by atoms with Crippen LogP contribution in [-0.2, 0) is 22.6 Å². The second-order valence-electron chi connectivity index (χ2n) is 11.6. The van der Waals surface area contributed by atoms with E-state index in [1.165, 1.54) is 0 Å². The van der Waals surface area contributed by atoms with Gasteiger partial charge in [0.25, 0.3) is 0 Å². The number of carbonyl (C=O) groups excluding carboxylic acids is 2. The number of rotatable bonds is 7. The number of benzene rings is 2. The van der Waals surface area contributed by atoms with E-state index in [0.717, 1.165) is 36.8 Å². The Balaban J connectivity index is 1.42. The first-order valence-electron chi connectivity index (χ1n) is 13.5. The van der Waals surface area contributed by atoms with Crippen molar-refractivity contribution in [1.29, 1.82) is 0 Å². The molecule has 5 nitrogen and oxygen atoms in total. The lowest BCUT2D eigenvalue weighted by molar-refractivity contribution is -0.150. The van der Waals surface area contributed by atoms with Crippen molar-refractivity contribution in [3.63, 3.8) is 0 Å². The number of nitrogens with zero attached hydrogens (tertiary/aromatic N) is 1. The summed E-state index contributed by atoms with van der Waals surface area (Å²) in [5.74, 6) is -0.00174. The Morgan fingerprint density at radius 1 is 1.03 bits per heavy atom. The molecule has 4 rings (SSSR count). The van der Waals surface area contributed by atoms with Crippen LogP contribution in [0.3, 0.4) is 0 Å². The predicted molar refractivity (Wildman–Crippen MR) is 143 cm³/mol. The van der Waals surface area contributed by atoms with Gasteiger partial charge in [-0.25, -0.2) is 0 Å². The van der Waals surface area contributed by atoms with E-state index in [1.807, 2.05) is 74.6 Å². The normalized spacial score (nSPS) is 30.6. The third-order valence-electron chi connectivity index (χ3n) is 9.11. The highest BCUT2D eigenvalue weighted by atomic mass is 16.3. The van der Waals surface area contributed by atoms with E-state index in [1.54, 1.807) is 4.90 Å². The second kappa shape index (κ2) is 11.2. The van der Waals surface area contributed by atoms with Gasteiger partial charge in [0, 0.05) is 25.6 Å². The zero-order chi connectivity index (χ0) is 25.9. The zero-order valence-electron chi connectivity index (χ0n) is 22.2. The van der Waals surface area contributed by atoms with Gasteiger partial charge in [-0.05, 0) is 60.0 Å². The largest absolute Gasteiger partial charge is 0.392 e.